The van der Waals surface area contributed by atoms with Crippen molar-refractivity contribution in [1.82, 2.24) is 10.3 Å². The van der Waals surface area contributed by atoms with Crippen LogP contribution in [0.3, 0.4) is 0 Å². The summed E-state index contributed by atoms with van der Waals surface area (Å²) in [5.74, 6) is 7.12. The molecule has 3 N–H and O–H groups in total. The van der Waals surface area contributed by atoms with Crippen LogP contribution < -0.4 is 11.3 Å². The molecule has 1 rings (SSSR count). The van der Waals surface area contributed by atoms with E-state index in [9.17, 15) is 0 Å². The van der Waals surface area contributed by atoms with Crippen LogP contribution in [-0.4, -0.2) is 31.0 Å². The molecule has 88 valence electrons. The van der Waals surface area contributed by atoms with Gasteiger partial charge in [0.2, 0.25) is 5.96 Å². The van der Waals surface area contributed by atoms with Gasteiger partial charge in [0.25, 0.3) is 0 Å². The van der Waals surface area contributed by atoms with Crippen LogP contribution in [0.5, 0.6) is 0 Å². The second kappa shape index (κ2) is 6.67. The minimum Gasteiger partial charge on any atom is -0.345 e. The van der Waals surface area contributed by atoms with Crippen LogP contribution in [0.2, 0.25) is 0 Å². The molecule has 0 unspecified atom stereocenters. The smallest absolute Gasteiger partial charge is 0.208 e. The van der Waals surface area contributed by atoms with Crippen LogP contribution in [0.15, 0.2) is 4.99 Å². The maximum atomic E-state index is 5.47. The highest BCUT2D eigenvalue weighted by Gasteiger charge is 2.17. The number of nitrogens with two attached hydrogens (primary N) is 1. The summed E-state index contributed by atoms with van der Waals surface area (Å²) in [6, 6.07) is 0. The molecule has 0 saturated heterocycles. The molecule has 0 amide bonds. The van der Waals surface area contributed by atoms with Crippen molar-refractivity contribution in [2.45, 2.75) is 39.0 Å². The summed E-state index contributed by atoms with van der Waals surface area (Å²) < 4.78 is 0. The number of guanidine groups is 1. The van der Waals surface area contributed by atoms with Crippen molar-refractivity contribution in [3.63, 3.8) is 0 Å². The zero-order valence-corrected chi connectivity index (χ0v) is 10.00. The normalized spacial score (nSPS) is 18.2. The van der Waals surface area contributed by atoms with E-state index < -0.39 is 0 Å². The molecule has 1 aliphatic carbocycles. The van der Waals surface area contributed by atoms with Crippen molar-refractivity contribution in [3.8, 4) is 0 Å². The van der Waals surface area contributed by atoms with E-state index >= 15 is 0 Å². The lowest BCUT2D eigenvalue weighted by Crippen LogP contribution is -2.44. The van der Waals surface area contributed by atoms with Gasteiger partial charge < -0.3 is 4.90 Å². The first-order valence-electron chi connectivity index (χ1n) is 6.00. The molecule has 0 spiro atoms. The zero-order chi connectivity index (χ0) is 11.1. The van der Waals surface area contributed by atoms with E-state index in [1.807, 2.05) is 0 Å². The molecule has 0 aromatic carbocycles. The van der Waals surface area contributed by atoms with Crippen molar-refractivity contribution in [1.29, 1.82) is 0 Å². The Morgan fingerprint density at radius 2 is 2.13 bits per heavy atom. The standard InChI is InChI=1S/C11H24N4/c1-3-8-13-11(14-12)15(2)9-10-6-4-5-7-10/h10H,3-9,12H2,1-2H3,(H,13,14). The van der Waals surface area contributed by atoms with E-state index in [2.05, 4.69) is 29.3 Å². The predicted octanol–water partition coefficient (Wildman–Crippen LogP) is 1.34. The summed E-state index contributed by atoms with van der Waals surface area (Å²) in [4.78, 5) is 6.55. The lowest BCUT2D eigenvalue weighted by Gasteiger charge is -2.23. The van der Waals surface area contributed by atoms with Gasteiger partial charge >= 0.3 is 0 Å². The Morgan fingerprint density at radius 3 is 2.67 bits per heavy atom. The molecule has 0 atom stereocenters. The Morgan fingerprint density at radius 1 is 1.47 bits per heavy atom. The summed E-state index contributed by atoms with van der Waals surface area (Å²) in [7, 11) is 2.06. The van der Waals surface area contributed by atoms with Gasteiger partial charge in [-0.15, -0.1) is 0 Å². The Kier molecular flexibility index (Phi) is 5.47. The molecule has 4 heteroatoms. The average Bonchev–Trinajstić information content (AvgIpc) is 2.71. The third-order valence-electron chi connectivity index (χ3n) is 2.98. The van der Waals surface area contributed by atoms with Gasteiger partial charge in [0.05, 0.1) is 0 Å². The molecular weight excluding hydrogens is 188 g/mol. The monoisotopic (exact) mass is 212 g/mol. The number of hydrogen-bond donors (Lipinski definition) is 2. The first kappa shape index (κ1) is 12.3. The van der Waals surface area contributed by atoms with E-state index in [0.29, 0.717) is 0 Å². The highest BCUT2D eigenvalue weighted by atomic mass is 15.4. The van der Waals surface area contributed by atoms with Crippen molar-refractivity contribution >= 4 is 5.96 Å². The highest BCUT2D eigenvalue weighted by Crippen LogP contribution is 2.25. The van der Waals surface area contributed by atoms with Crippen molar-refractivity contribution in [3.05, 3.63) is 0 Å². The maximum Gasteiger partial charge on any atom is 0.208 e. The lowest BCUT2D eigenvalue weighted by atomic mass is 10.1. The van der Waals surface area contributed by atoms with Crippen LogP contribution in [0.1, 0.15) is 39.0 Å². The minimum atomic E-state index is 0.823. The van der Waals surface area contributed by atoms with E-state index in [1.54, 1.807) is 0 Å². The zero-order valence-electron chi connectivity index (χ0n) is 10.00. The molecule has 1 fully saturated rings. The quantitative estimate of drug-likeness (QED) is 0.320. The van der Waals surface area contributed by atoms with E-state index in [0.717, 1.165) is 31.4 Å². The molecule has 1 aliphatic rings. The number of aliphatic imine (C=N–C) groups is 1. The SMILES string of the molecule is CCCN=C(NN)N(C)CC1CCCC1. The second-order valence-electron chi connectivity index (χ2n) is 4.38. The van der Waals surface area contributed by atoms with Crippen molar-refractivity contribution in [2.24, 2.45) is 16.8 Å². The Bertz CT molecular complexity index is 197. The molecule has 1 saturated carbocycles. The fraction of sp³-hybridized carbons (Fsp3) is 0.909. The molecule has 4 nitrogen and oxygen atoms in total. The first-order valence-corrected chi connectivity index (χ1v) is 6.00. The van der Waals surface area contributed by atoms with E-state index in [4.69, 9.17) is 5.84 Å². The van der Waals surface area contributed by atoms with Crippen LogP contribution in [-0.2, 0) is 0 Å². The van der Waals surface area contributed by atoms with Crippen molar-refractivity contribution in [2.75, 3.05) is 20.1 Å². The van der Waals surface area contributed by atoms with Gasteiger partial charge in [0, 0.05) is 20.1 Å². The number of hydrazine groups is 1. The summed E-state index contributed by atoms with van der Waals surface area (Å²) in [5.41, 5.74) is 2.69. The molecule has 0 aromatic heterocycles. The van der Waals surface area contributed by atoms with Gasteiger partial charge in [-0.2, -0.15) is 0 Å². The number of nitrogens with zero attached hydrogens (tertiary/aromatic N) is 2. The fourth-order valence-corrected chi connectivity index (χ4v) is 2.16. The lowest BCUT2D eigenvalue weighted by molar-refractivity contribution is 0.378. The number of hydrogen-bond acceptors (Lipinski definition) is 2. The molecule has 0 aromatic rings. The molecule has 0 aliphatic heterocycles. The van der Waals surface area contributed by atoms with Gasteiger partial charge in [0.1, 0.15) is 0 Å². The average molecular weight is 212 g/mol. The third kappa shape index (κ3) is 4.08. The van der Waals surface area contributed by atoms with Gasteiger partial charge in [-0.25, -0.2) is 5.84 Å². The number of nitrogens with one attached hydrogen (secondary N) is 1. The molecule has 15 heavy (non-hydrogen) atoms. The Hall–Kier alpha value is -0.770. The summed E-state index contributed by atoms with van der Waals surface area (Å²) in [5, 5.41) is 0. The highest BCUT2D eigenvalue weighted by molar-refractivity contribution is 5.79. The van der Waals surface area contributed by atoms with Gasteiger partial charge in [-0.05, 0) is 25.2 Å². The van der Waals surface area contributed by atoms with Crippen molar-refractivity contribution < 1.29 is 0 Å². The molecule has 0 bridgehead atoms. The van der Waals surface area contributed by atoms with Crippen LogP contribution in [0.25, 0.3) is 0 Å². The predicted molar refractivity (Wildman–Crippen MR) is 64.5 cm³/mol. The van der Waals surface area contributed by atoms with E-state index in [1.165, 1.54) is 25.7 Å². The maximum absolute atomic E-state index is 5.47. The fourth-order valence-electron chi connectivity index (χ4n) is 2.16. The van der Waals surface area contributed by atoms with Gasteiger partial charge in [-0.3, -0.25) is 10.4 Å². The van der Waals surface area contributed by atoms with Crippen LogP contribution in [0.4, 0.5) is 0 Å². The summed E-state index contributed by atoms with van der Waals surface area (Å²) in [6.07, 6.45) is 6.54. The van der Waals surface area contributed by atoms with Gasteiger partial charge in [-0.1, -0.05) is 19.8 Å². The first-order chi connectivity index (χ1) is 7.27. The Labute approximate surface area is 92.9 Å². The summed E-state index contributed by atoms with van der Waals surface area (Å²) >= 11 is 0. The van der Waals surface area contributed by atoms with E-state index in [-0.39, 0.29) is 0 Å². The molecule has 0 radical (unpaired) electrons. The number of rotatable bonds is 4. The van der Waals surface area contributed by atoms with Crippen LogP contribution >= 0.6 is 0 Å². The largest absolute Gasteiger partial charge is 0.345 e. The van der Waals surface area contributed by atoms with Crippen LogP contribution in [0, 0.1) is 5.92 Å². The summed E-state index contributed by atoms with van der Waals surface area (Å²) in [6.45, 7) is 4.04. The topological polar surface area (TPSA) is 53.6 Å². The van der Waals surface area contributed by atoms with Gasteiger partial charge in [0.15, 0.2) is 0 Å². The minimum absolute atomic E-state index is 0.823. The Balaban J connectivity index is 2.37. The second-order valence-corrected chi connectivity index (χ2v) is 4.38. The third-order valence-corrected chi connectivity index (χ3v) is 2.98. The molecule has 0 heterocycles. The molecular formula is C11H24N4.